The highest BCUT2D eigenvalue weighted by Gasteiger charge is 2.25. The van der Waals surface area contributed by atoms with E-state index in [0.717, 1.165) is 11.7 Å². The molecule has 1 aliphatic carbocycles. The SMILES string of the molecule is COc1ccc2c(c1)CC(C)C2C. The Balaban J connectivity index is 2.40. The first-order valence-electron chi connectivity index (χ1n) is 4.89. The molecule has 0 amide bonds. The average molecular weight is 176 g/mol. The summed E-state index contributed by atoms with van der Waals surface area (Å²) in [5, 5.41) is 0. The van der Waals surface area contributed by atoms with Gasteiger partial charge in [-0.25, -0.2) is 0 Å². The summed E-state index contributed by atoms with van der Waals surface area (Å²) in [5.41, 5.74) is 2.98. The third-order valence-electron chi connectivity index (χ3n) is 3.24. The van der Waals surface area contributed by atoms with Crippen LogP contribution >= 0.6 is 0 Å². The topological polar surface area (TPSA) is 9.23 Å². The Hall–Kier alpha value is -0.980. The maximum absolute atomic E-state index is 5.21. The van der Waals surface area contributed by atoms with Gasteiger partial charge >= 0.3 is 0 Å². The Kier molecular flexibility index (Phi) is 2.03. The van der Waals surface area contributed by atoms with Gasteiger partial charge in [0, 0.05) is 0 Å². The lowest BCUT2D eigenvalue weighted by molar-refractivity contribution is 0.414. The molecule has 0 radical (unpaired) electrons. The maximum atomic E-state index is 5.21. The molecule has 2 rings (SSSR count). The first-order valence-corrected chi connectivity index (χ1v) is 4.89. The number of rotatable bonds is 1. The zero-order chi connectivity index (χ0) is 9.42. The highest BCUT2D eigenvalue weighted by atomic mass is 16.5. The lowest BCUT2D eigenvalue weighted by Crippen LogP contribution is -1.97. The molecule has 1 aromatic carbocycles. The Bertz CT molecular complexity index is 317. The second-order valence-corrected chi connectivity index (χ2v) is 4.03. The van der Waals surface area contributed by atoms with Crippen molar-refractivity contribution in [3.8, 4) is 5.75 Å². The number of methoxy groups -OCH3 is 1. The van der Waals surface area contributed by atoms with Crippen molar-refractivity contribution in [2.75, 3.05) is 7.11 Å². The summed E-state index contributed by atoms with van der Waals surface area (Å²) >= 11 is 0. The van der Waals surface area contributed by atoms with E-state index in [2.05, 4.69) is 32.0 Å². The minimum absolute atomic E-state index is 0.709. The van der Waals surface area contributed by atoms with Crippen LogP contribution < -0.4 is 4.74 Å². The molecule has 2 unspecified atom stereocenters. The standard InChI is InChI=1S/C12H16O/c1-8-6-10-7-11(13-3)4-5-12(10)9(8)2/h4-5,7-9H,6H2,1-3H3. The quantitative estimate of drug-likeness (QED) is 0.639. The van der Waals surface area contributed by atoms with Crippen molar-refractivity contribution in [2.24, 2.45) is 5.92 Å². The number of benzene rings is 1. The fourth-order valence-electron chi connectivity index (χ4n) is 2.16. The number of fused-ring (bicyclic) bond motifs is 1. The largest absolute Gasteiger partial charge is 0.497 e. The van der Waals surface area contributed by atoms with Gasteiger partial charge in [0.05, 0.1) is 7.11 Å². The average Bonchev–Trinajstić information content (AvgIpc) is 2.42. The first-order chi connectivity index (χ1) is 6.22. The van der Waals surface area contributed by atoms with Crippen LogP contribution in [-0.4, -0.2) is 7.11 Å². The molecule has 0 heterocycles. The fraction of sp³-hybridized carbons (Fsp3) is 0.500. The molecule has 0 saturated carbocycles. The molecular formula is C12H16O. The van der Waals surface area contributed by atoms with Gasteiger partial charge in [0.1, 0.15) is 5.75 Å². The molecule has 1 nitrogen and oxygen atoms in total. The van der Waals surface area contributed by atoms with E-state index in [1.807, 2.05) is 0 Å². The van der Waals surface area contributed by atoms with Crippen molar-refractivity contribution in [1.29, 1.82) is 0 Å². The lowest BCUT2D eigenvalue weighted by Gasteiger charge is -2.09. The van der Waals surface area contributed by atoms with Gasteiger partial charge in [0.25, 0.3) is 0 Å². The van der Waals surface area contributed by atoms with Crippen LogP contribution in [0.2, 0.25) is 0 Å². The van der Waals surface area contributed by atoms with E-state index in [0.29, 0.717) is 5.92 Å². The number of hydrogen-bond donors (Lipinski definition) is 0. The van der Waals surface area contributed by atoms with Crippen LogP contribution in [-0.2, 0) is 6.42 Å². The van der Waals surface area contributed by atoms with Crippen LogP contribution in [0, 0.1) is 5.92 Å². The van der Waals surface area contributed by atoms with Crippen LogP contribution in [0.15, 0.2) is 18.2 Å². The van der Waals surface area contributed by atoms with E-state index in [4.69, 9.17) is 4.74 Å². The zero-order valence-electron chi connectivity index (χ0n) is 8.50. The Labute approximate surface area is 79.7 Å². The third-order valence-corrected chi connectivity index (χ3v) is 3.24. The molecule has 1 heteroatoms. The monoisotopic (exact) mass is 176 g/mol. The first kappa shape index (κ1) is 8.61. The van der Waals surface area contributed by atoms with Crippen LogP contribution in [0.25, 0.3) is 0 Å². The molecule has 0 N–H and O–H groups in total. The van der Waals surface area contributed by atoms with Gasteiger partial charge in [-0.05, 0) is 41.5 Å². The Morgan fingerprint density at radius 3 is 2.77 bits per heavy atom. The highest BCUT2D eigenvalue weighted by Crippen LogP contribution is 2.38. The van der Waals surface area contributed by atoms with E-state index >= 15 is 0 Å². The Morgan fingerprint density at radius 1 is 1.31 bits per heavy atom. The predicted octanol–water partition coefficient (Wildman–Crippen LogP) is 2.99. The molecule has 1 aromatic rings. The van der Waals surface area contributed by atoms with Crippen molar-refractivity contribution in [2.45, 2.75) is 26.2 Å². The van der Waals surface area contributed by atoms with Gasteiger partial charge in [-0.2, -0.15) is 0 Å². The molecule has 0 saturated heterocycles. The maximum Gasteiger partial charge on any atom is 0.119 e. The van der Waals surface area contributed by atoms with Crippen molar-refractivity contribution in [3.63, 3.8) is 0 Å². The smallest absolute Gasteiger partial charge is 0.119 e. The molecule has 1 aliphatic rings. The second-order valence-electron chi connectivity index (χ2n) is 4.03. The molecule has 0 aromatic heterocycles. The highest BCUT2D eigenvalue weighted by molar-refractivity contribution is 5.41. The van der Waals surface area contributed by atoms with E-state index in [1.165, 1.54) is 17.5 Å². The van der Waals surface area contributed by atoms with Crippen LogP contribution in [0.5, 0.6) is 5.75 Å². The van der Waals surface area contributed by atoms with E-state index in [9.17, 15) is 0 Å². The molecule has 0 bridgehead atoms. The minimum atomic E-state index is 0.709. The summed E-state index contributed by atoms with van der Waals surface area (Å²) in [6.07, 6.45) is 1.20. The molecule has 0 fully saturated rings. The summed E-state index contributed by atoms with van der Waals surface area (Å²) in [5.74, 6) is 2.48. The summed E-state index contributed by atoms with van der Waals surface area (Å²) in [7, 11) is 1.73. The van der Waals surface area contributed by atoms with Crippen LogP contribution in [0.3, 0.4) is 0 Å². The van der Waals surface area contributed by atoms with E-state index in [-0.39, 0.29) is 0 Å². The lowest BCUT2D eigenvalue weighted by atomic mass is 9.97. The number of ether oxygens (including phenoxy) is 1. The van der Waals surface area contributed by atoms with Gasteiger partial charge in [-0.1, -0.05) is 19.9 Å². The van der Waals surface area contributed by atoms with Crippen molar-refractivity contribution < 1.29 is 4.74 Å². The molecule has 13 heavy (non-hydrogen) atoms. The number of hydrogen-bond acceptors (Lipinski definition) is 1. The normalized spacial score (nSPS) is 25.8. The van der Waals surface area contributed by atoms with Gasteiger partial charge in [0.15, 0.2) is 0 Å². The van der Waals surface area contributed by atoms with Gasteiger partial charge in [0.2, 0.25) is 0 Å². The minimum Gasteiger partial charge on any atom is -0.497 e. The van der Waals surface area contributed by atoms with Crippen molar-refractivity contribution >= 4 is 0 Å². The summed E-state index contributed by atoms with van der Waals surface area (Å²) < 4.78 is 5.21. The van der Waals surface area contributed by atoms with Gasteiger partial charge in [-0.15, -0.1) is 0 Å². The predicted molar refractivity (Wildman–Crippen MR) is 54.3 cm³/mol. The van der Waals surface area contributed by atoms with Gasteiger partial charge in [-0.3, -0.25) is 0 Å². The summed E-state index contributed by atoms with van der Waals surface area (Å²) in [6.45, 7) is 4.63. The zero-order valence-corrected chi connectivity index (χ0v) is 8.50. The van der Waals surface area contributed by atoms with Crippen molar-refractivity contribution in [1.82, 2.24) is 0 Å². The van der Waals surface area contributed by atoms with Crippen LogP contribution in [0.4, 0.5) is 0 Å². The fourth-order valence-corrected chi connectivity index (χ4v) is 2.16. The molecule has 70 valence electrons. The molecule has 0 aliphatic heterocycles. The molecule has 0 spiro atoms. The van der Waals surface area contributed by atoms with Gasteiger partial charge < -0.3 is 4.74 Å². The Morgan fingerprint density at radius 2 is 2.08 bits per heavy atom. The second kappa shape index (κ2) is 3.06. The summed E-state index contributed by atoms with van der Waals surface area (Å²) in [4.78, 5) is 0. The van der Waals surface area contributed by atoms with E-state index < -0.39 is 0 Å². The van der Waals surface area contributed by atoms with E-state index in [1.54, 1.807) is 7.11 Å². The van der Waals surface area contributed by atoms with Crippen molar-refractivity contribution in [3.05, 3.63) is 29.3 Å². The molecular weight excluding hydrogens is 160 g/mol. The third kappa shape index (κ3) is 1.32. The van der Waals surface area contributed by atoms with Crippen LogP contribution in [0.1, 0.15) is 30.9 Å². The molecule has 2 atom stereocenters. The summed E-state index contributed by atoms with van der Waals surface area (Å²) in [6, 6.07) is 6.45.